The number of aromatic amines is 1. The smallest absolute Gasteiger partial charge is 0.261 e. The lowest BCUT2D eigenvalue weighted by molar-refractivity contribution is 0.482. The number of rotatable bonds is 5. The van der Waals surface area contributed by atoms with Gasteiger partial charge in [-0.25, -0.2) is 8.42 Å². The third kappa shape index (κ3) is 3.75. The van der Waals surface area contributed by atoms with Gasteiger partial charge >= 0.3 is 0 Å². The van der Waals surface area contributed by atoms with Gasteiger partial charge in [0.25, 0.3) is 10.0 Å². The molecule has 0 unspecified atom stereocenters. The van der Waals surface area contributed by atoms with E-state index in [-0.39, 0.29) is 4.90 Å². The van der Waals surface area contributed by atoms with Crippen molar-refractivity contribution in [2.75, 3.05) is 4.72 Å². The number of nitrogens with zero attached hydrogens (tertiary/aromatic N) is 2. The van der Waals surface area contributed by atoms with E-state index in [1.54, 1.807) is 30.3 Å². The number of hydrogen-bond acceptors (Lipinski definition) is 5. The predicted octanol–water partition coefficient (Wildman–Crippen LogP) is 3.86. The van der Waals surface area contributed by atoms with Crippen molar-refractivity contribution in [3.05, 3.63) is 72.3 Å². The highest BCUT2D eigenvalue weighted by molar-refractivity contribution is 7.92. The highest BCUT2D eigenvalue weighted by Crippen LogP contribution is 2.25. The molecule has 7 nitrogen and oxygen atoms in total. The molecule has 4 aromatic rings. The molecule has 0 fully saturated rings. The van der Waals surface area contributed by atoms with Crippen LogP contribution in [0.4, 0.5) is 5.69 Å². The lowest BCUT2D eigenvalue weighted by Gasteiger charge is -2.10. The molecule has 8 heteroatoms. The van der Waals surface area contributed by atoms with Gasteiger partial charge in [-0.3, -0.25) is 4.72 Å². The Morgan fingerprint density at radius 2 is 1.67 bits per heavy atom. The van der Waals surface area contributed by atoms with E-state index in [0.717, 1.165) is 5.56 Å². The zero-order chi connectivity index (χ0) is 18.9. The fourth-order valence-electron chi connectivity index (χ4n) is 2.62. The number of aryl methyl sites for hydroxylation is 1. The Bertz CT molecular complexity index is 1200. The molecule has 27 heavy (non-hydrogen) atoms. The molecule has 0 saturated carbocycles. The van der Waals surface area contributed by atoms with Crippen LogP contribution in [0.2, 0.25) is 0 Å². The fraction of sp³-hybridized carbons (Fsp3) is 0.0526. The highest BCUT2D eigenvalue weighted by atomic mass is 32.2. The zero-order valence-corrected chi connectivity index (χ0v) is 15.2. The molecule has 1 heterocycles. The van der Waals surface area contributed by atoms with Gasteiger partial charge in [-0.2, -0.15) is 15.4 Å². The second-order valence-corrected chi connectivity index (χ2v) is 7.70. The maximum atomic E-state index is 12.6. The first-order chi connectivity index (χ1) is 13.0. The molecule has 2 N–H and O–H groups in total. The molecule has 0 aliphatic rings. The summed E-state index contributed by atoms with van der Waals surface area (Å²) >= 11 is 0. The van der Waals surface area contributed by atoms with Crippen molar-refractivity contribution >= 4 is 26.7 Å². The molecule has 0 atom stereocenters. The quantitative estimate of drug-likeness (QED) is 0.548. The Morgan fingerprint density at radius 3 is 2.44 bits per heavy atom. The molecule has 136 valence electrons. The molecular weight excluding hydrogens is 364 g/mol. The summed E-state index contributed by atoms with van der Waals surface area (Å²) in [6.45, 7) is 1.98. The third-order valence-corrected chi connectivity index (χ3v) is 5.33. The van der Waals surface area contributed by atoms with Gasteiger partial charge in [-0.15, -0.1) is 0 Å². The molecule has 3 aromatic carbocycles. The van der Waals surface area contributed by atoms with Gasteiger partial charge in [0.2, 0.25) is 0 Å². The van der Waals surface area contributed by atoms with Crippen LogP contribution in [0.5, 0.6) is 11.5 Å². The van der Waals surface area contributed by atoms with E-state index in [1.165, 1.54) is 12.1 Å². The molecule has 4 rings (SSSR count). The minimum absolute atomic E-state index is 0.138. The average molecular weight is 380 g/mol. The van der Waals surface area contributed by atoms with Gasteiger partial charge in [0, 0.05) is 0 Å². The number of hydrogen-bond donors (Lipinski definition) is 2. The van der Waals surface area contributed by atoms with Crippen LogP contribution >= 0.6 is 0 Å². The lowest BCUT2D eigenvalue weighted by Crippen LogP contribution is -2.12. The fourth-order valence-corrected chi connectivity index (χ4v) is 3.67. The number of aromatic nitrogens is 3. The summed E-state index contributed by atoms with van der Waals surface area (Å²) in [5.74, 6) is 1.26. The molecule has 0 bridgehead atoms. The topological polar surface area (TPSA) is 97.0 Å². The van der Waals surface area contributed by atoms with Crippen molar-refractivity contribution in [2.24, 2.45) is 0 Å². The molecule has 0 aliphatic heterocycles. The van der Waals surface area contributed by atoms with Crippen molar-refractivity contribution in [2.45, 2.75) is 11.8 Å². The molecule has 0 spiro atoms. The van der Waals surface area contributed by atoms with E-state index >= 15 is 0 Å². The van der Waals surface area contributed by atoms with E-state index in [2.05, 4.69) is 20.1 Å². The summed E-state index contributed by atoms with van der Waals surface area (Å²) in [4.78, 5) is 0.138. The Balaban J connectivity index is 1.53. The van der Waals surface area contributed by atoms with Crippen LogP contribution in [-0.2, 0) is 10.0 Å². The molecule has 0 amide bonds. The summed E-state index contributed by atoms with van der Waals surface area (Å²) in [7, 11) is -3.73. The van der Waals surface area contributed by atoms with E-state index in [0.29, 0.717) is 28.2 Å². The largest absolute Gasteiger partial charge is 0.457 e. The standard InChI is InChI=1S/C19H16N4O3S/c1-13-3-2-4-16(11-13)26-15-6-8-17(9-7-15)27(24,25)22-14-5-10-18-19(12-14)21-23-20-18/h2-12,22H,1H3,(H,20,21,23). The van der Waals surface area contributed by atoms with Crippen molar-refractivity contribution in [1.82, 2.24) is 15.4 Å². The number of ether oxygens (including phenoxy) is 1. The first-order valence-corrected chi connectivity index (χ1v) is 9.66. The SMILES string of the molecule is Cc1cccc(Oc2ccc(S(=O)(=O)Nc3ccc4n[nH]nc4c3)cc2)c1. The van der Waals surface area contributed by atoms with E-state index in [1.807, 2.05) is 31.2 Å². The van der Waals surface area contributed by atoms with Crippen molar-refractivity contribution < 1.29 is 13.2 Å². The number of fused-ring (bicyclic) bond motifs is 1. The van der Waals surface area contributed by atoms with Crippen molar-refractivity contribution in [3.63, 3.8) is 0 Å². The number of H-pyrrole nitrogens is 1. The van der Waals surface area contributed by atoms with Gasteiger partial charge in [-0.1, -0.05) is 12.1 Å². The number of nitrogens with one attached hydrogen (secondary N) is 2. The van der Waals surface area contributed by atoms with E-state index < -0.39 is 10.0 Å². The zero-order valence-electron chi connectivity index (χ0n) is 14.4. The van der Waals surface area contributed by atoms with Gasteiger partial charge in [0.05, 0.1) is 10.6 Å². The lowest BCUT2D eigenvalue weighted by atomic mass is 10.2. The maximum absolute atomic E-state index is 12.6. The van der Waals surface area contributed by atoms with Crippen LogP contribution in [-0.4, -0.2) is 23.8 Å². The third-order valence-electron chi connectivity index (χ3n) is 3.93. The maximum Gasteiger partial charge on any atom is 0.261 e. The van der Waals surface area contributed by atoms with E-state index in [4.69, 9.17) is 4.74 Å². The Kier molecular flexibility index (Phi) is 4.25. The Labute approximate surface area is 156 Å². The second kappa shape index (κ2) is 6.73. The highest BCUT2D eigenvalue weighted by Gasteiger charge is 2.15. The normalized spacial score (nSPS) is 11.4. The summed E-state index contributed by atoms with van der Waals surface area (Å²) in [6, 6.07) is 18.8. The second-order valence-electron chi connectivity index (χ2n) is 6.02. The molecule has 1 aromatic heterocycles. The summed E-state index contributed by atoms with van der Waals surface area (Å²) in [5, 5.41) is 10.4. The summed E-state index contributed by atoms with van der Waals surface area (Å²) in [6.07, 6.45) is 0. The minimum atomic E-state index is -3.73. The molecule has 0 aliphatic carbocycles. The number of anilines is 1. The first-order valence-electron chi connectivity index (χ1n) is 8.18. The monoisotopic (exact) mass is 380 g/mol. The molecular formula is C19H16N4O3S. The summed E-state index contributed by atoms with van der Waals surface area (Å²) < 4.78 is 33.5. The van der Waals surface area contributed by atoms with Crippen LogP contribution in [0.1, 0.15) is 5.56 Å². The van der Waals surface area contributed by atoms with Crippen molar-refractivity contribution in [3.8, 4) is 11.5 Å². The predicted molar refractivity (Wildman–Crippen MR) is 102 cm³/mol. The Morgan fingerprint density at radius 1 is 0.889 bits per heavy atom. The van der Waals surface area contributed by atoms with Crippen LogP contribution < -0.4 is 9.46 Å². The van der Waals surface area contributed by atoms with Gasteiger partial charge in [0.15, 0.2) is 0 Å². The number of sulfonamides is 1. The van der Waals surface area contributed by atoms with Gasteiger partial charge in [-0.05, 0) is 67.1 Å². The van der Waals surface area contributed by atoms with Gasteiger partial charge < -0.3 is 4.74 Å². The van der Waals surface area contributed by atoms with E-state index in [9.17, 15) is 8.42 Å². The summed E-state index contributed by atoms with van der Waals surface area (Å²) in [5.41, 5.74) is 2.74. The molecule has 0 radical (unpaired) electrons. The minimum Gasteiger partial charge on any atom is -0.457 e. The van der Waals surface area contributed by atoms with Crippen LogP contribution in [0.25, 0.3) is 11.0 Å². The van der Waals surface area contributed by atoms with Crippen LogP contribution in [0.3, 0.4) is 0 Å². The van der Waals surface area contributed by atoms with Crippen molar-refractivity contribution in [1.29, 1.82) is 0 Å². The average Bonchev–Trinajstić information content (AvgIpc) is 3.10. The molecule has 0 saturated heterocycles. The first kappa shape index (κ1) is 17.0. The van der Waals surface area contributed by atoms with Gasteiger partial charge in [0.1, 0.15) is 22.5 Å². The Hall–Kier alpha value is -3.39. The number of benzene rings is 3. The van der Waals surface area contributed by atoms with Crippen LogP contribution in [0.15, 0.2) is 71.6 Å². The van der Waals surface area contributed by atoms with Crippen LogP contribution in [0, 0.1) is 6.92 Å².